The molecule has 0 aliphatic rings. The van der Waals surface area contributed by atoms with Gasteiger partial charge in [-0.2, -0.15) is 0 Å². The average molecular weight is 222 g/mol. The van der Waals surface area contributed by atoms with E-state index in [2.05, 4.69) is 31.2 Å². The molecule has 0 fully saturated rings. The highest BCUT2D eigenvalue weighted by atomic mass is 16.1. The van der Waals surface area contributed by atoms with Crippen LogP contribution in [0.2, 0.25) is 0 Å². The molecule has 0 aromatic rings. The summed E-state index contributed by atoms with van der Waals surface area (Å²) in [5.41, 5.74) is 0. The second kappa shape index (κ2) is 14.2. The summed E-state index contributed by atoms with van der Waals surface area (Å²) in [6, 6.07) is 0. The molecule has 0 aliphatic carbocycles. The van der Waals surface area contributed by atoms with Crippen LogP contribution in [0.3, 0.4) is 0 Å². The van der Waals surface area contributed by atoms with Gasteiger partial charge in [0.05, 0.1) is 0 Å². The number of unbranched alkanes of at least 4 members (excludes halogenated alkanes) is 7. The second-order valence-corrected chi connectivity index (χ2v) is 4.16. The summed E-state index contributed by atoms with van der Waals surface area (Å²) in [4.78, 5) is 10.1. The van der Waals surface area contributed by atoms with Crippen LogP contribution in [0, 0.1) is 0 Å². The van der Waals surface area contributed by atoms with Gasteiger partial charge in [-0.1, -0.05) is 56.9 Å². The van der Waals surface area contributed by atoms with Crippen molar-refractivity contribution in [3.8, 4) is 0 Å². The van der Waals surface area contributed by atoms with Crippen molar-refractivity contribution in [2.45, 2.75) is 64.7 Å². The van der Waals surface area contributed by atoms with Gasteiger partial charge < -0.3 is 4.79 Å². The molecule has 0 radical (unpaired) electrons. The molecular weight excluding hydrogens is 196 g/mol. The zero-order valence-electron chi connectivity index (χ0n) is 10.7. The fourth-order valence-corrected chi connectivity index (χ4v) is 1.54. The second-order valence-electron chi connectivity index (χ2n) is 4.16. The Morgan fingerprint density at radius 1 is 0.750 bits per heavy atom. The van der Waals surface area contributed by atoms with Gasteiger partial charge in [0.25, 0.3) is 0 Å². The fraction of sp³-hybridized carbons (Fsp3) is 0.667. The molecule has 0 unspecified atom stereocenters. The summed E-state index contributed by atoms with van der Waals surface area (Å²) in [5, 5.41) is 0. The molecule has 0 N–H and O–H groups in total. The molecule has 0 aliphatic heterocycles. The molecule has 0 rings (SSSR count). The number of hydrogen-bond acceptors (Lipinski definition) is 1. The molecule has 0 saturated heterocycles. The molecule has 1 heteroatoms. The van der Waals surface area contributed by atoms with Crippen LogP contribution in [-0.4, -0.2) is 6.29 Å². The van der Waals surface area contributed by atoms with E-state index in [-0.39, 0.29) is 0 Å². The van der Waals surface area contributed by atoms with Crippen LogP contribution in [0.15, 0.2) is 24.3 Å². The van der Waals surface area contributed by atoms with Gasteiger partial charge in [-0.25, -0.2) is 0 Å². The lowest BCUT2D eigenvalue weighted by molar-refractivity contribution is -0.107. The maximum Gasteiger partial charge on any atom is 0.119 e. The molecule has 0 bridgehead atoms. The van der Waals surface area contributed by atoms with Crippen molar-refractivity contribution in [3.63, 3.8) is 0 Å². The Kier molecular flexibility index (Phi) is 13.4. The topological polar surface area (TPSA) is 17.1 Å². The third-order valence-corrected chi connectivity index (χ3v) is 2.53. The molecule has 92 valence electrons. The van der Waals surface area contributed by atoms with E-state index in [1.54, 1.807) is 0 Å². The number of carbonyl (C=O) groups excluding carboxylic acids is 1. The summed E-state index contributed by atoms with van der Waals surface area (Å²) in [7, 11) is 0. The highest BCUT2D eigenvalue weighted by Crippen LogP contribution is 2.06. The van der Waals surface area contributed by atoms with Crippen molar-refractivity contribution in [3.05, 3.63) is 24.3 Å². The van der Waals surface area contributed by atoms with Crippen LogP contribution < -0.4 is 0 Å². The van der Waals surface area contributed by atoms with Gasteiger partial charge in [0.2, 0.25) is 0 Å². The molecule has 0 saturated carbocycles. The third kappa shape index (κ3) is 13.2. The highest BCUT2D eigenvalue weighted by Gasteiger charge is 1.88. The lowest BCUT2D eigenvalue weighted by Gasteiger charge is -1.96. The first kappa shape index (κ1) is 15.2. The van der Waals surface area contributed by atoms with Crippen LogP contribution in [0.1, 0.15) is 64.7 Å². The molecule has 0 atom stereocenters. The van der Waals surface area contributed by atoms with Crippen molar-refractivity contribution < 1.29 is 4.79 Å². The van der Waals surface area contributed by atoms with Gasteiger partial charge in [0.1, 0.15) is 6.29 Å². The molecule has 0 amide bonds. The molecule has 0 aromatic heterocycles. The van der Waals surface area contributed by atoms with Crippen LogP contribution in [0.25, 0.3) is 0 Å². The molecule has 0 spiro atoms. The van der Waals surface area contributed by atoms with E-state index in [0.717, 1.165) is 19.1 Å². The van der Waals surface area contributed by atoms with E-state index in [9.17, 15) is 4.79 Å². The van der Waals surface area contributed by atoms with Crippen molar-refractivity contribution in [1.82, 2.24) is 0 Å². The average Bonchev–Trinajstić information content (AvgIpc) is 2.31. The van der Waals surface area contributed by atoms with Gasteiger partial charge in [0.15, 0.2) is 0 Å². The lowest BCUT2D eigenvalue weighted by Crippen LogP contribution is -1.79. The van der Waals surface area contributed by atoms with E-state index in [4.69, 9.17) is 0 Å². The highest BCUT2D eigenvalue weighted by molar-refractivity contribution is 5.48. The zero-order valence-corrected chi connectivity index (χ0v) is 10.7. The van der Waals surface area contributed by atoms with Gasteiger partial charge in [-0.05, 0) is 25.7 Å². The normalized spacial score (nSPS) is 11.6. The van der Waals surface area contributed by atoms with Crippen LogP contribution in [0.4, 0.5) is 0 Å². The Labute approximate surface area is 101 Å². The minimum atomic E-state index is 0.738. The van der Waals surface area contributed by atoms with Gasteiger partial charge >= 0.3 is 0 Å². The van der Waals surface area contributed by atoms with Crippen LogP contribution >= 0.6 is 0 Å². The predicted octanol–water partition coefficient (Wildman–Crippen LogP) is 4.83. The van der Waals surface area contributed by atoms with Gasteiger partial charge in [-0.3, -0.25) is 0 Å². The quantitative estimate of drug-likeness (QED) is 0.278. The van der Waals surface area contributed by atoms with Crippen molar-refractivity contribution in [2.24, 2.45) is 0 Å². The van der Waals surface area contributed by atoms with Crippen LogP contribution in [-0.2, 0) is 4.79 Å². The number of carbonyl (C=O) groups is 1. The van der Waals surface area contributed by atoms with Crippen LogP contribution in [0.5, 0.6) is 0 Å². The summed E-state index contributed by atoms with van der Waals surface area (Å²) in [6.07, 6.45) is 20.2. The summed E-state index contributed by atoms with van der Waals surface area (Å²) < 4.78 is 0. The first-order chi connectivity index (χ1) is 7.91. The van der Waals surface area contributed by atoms with E-state index in [0.29, 0.717) is 0 Å². The lowest BCUT2D eigenvalue weighted by atomic mass is 10.1. The van der Waals surface area contributed by atoms with E-state index in [1.165, 1.54) is 44.9 Å². The molecular formula is C15H26O. The largest absolute Gasteiger partial charge is 0.303 e. The van der Waals surface area contributed by atoms with Crippen molar-refractivity contribution >= 4 is 6.29 Å². The smallest absolute Gasteiger partial charge is 0.119 e. The number of rotatable bonds is 11. The van der Waals surface area contributed by atoms with E-state index < -0.39 is 0 Å². The molecule has 16 heavy (non-hydrogen) atoms. The molecule has 1 nitrogen and oxygen atoms in total. The first-order valence-electron chi connectivity index (χ1n) is 6.67. The summed E-state index contributed by atoms with van der Waals surface area (Å²) in [6.45, 7) is 2.19. The van der Waals surface area contributed by atoms with Crippen molar-refractivity contribution in [1.29, 1.82) is 0 Å². The first-order valence-corrected chi connectivity index (χ1v) is 6.67. The Morgan fingerprint density at radius 3 is 1.94 bits per heavy atom. The monoisotopic (exact) mass is 222 g/mol. The third-order valence-electron chi connectivity index (χ3n) is 2.53. The Balaban J connectivity index is 3.11. The standard InChI is InChI=1S/C15H26O/c1-2-3-4-5-6-7-8-9-10-11-12-13-14-15-16/h4-7,15H,2-3,8-14H2,1H3/b5-4-,7-6+. The number of aldehydes is 1. The zero-order chi connectivity index (χ0) is 11.9. The Hall–Kier alpha value is -0.850. The molecule has 0 aromatic carbocycles. The maximum absolute atomic E-state index is 10.1. The van der Waals surface area contributed by atoms with Gasteiger partial charge in [-0.15, -0.1) is 0 Å². The van der Waals surface area contributed by atoms with Gasteiger partial charge in [0, 0.05) is 6.42 Å². The predicted molar refractivity (Wildman–Crippen MR) is 71.6 cm³/mol. The number of hydrogen-bond donors (Lipinski definition) is 0. The van der Waals surface area contributed by atoms with E-state index in [1.807, 2.05) is 0 Å². The Morgan fingerprint density at radius 2 is 1.31 bits per heavy atom. The Bertz CT molecular complexity index is 192. The SMILES string of the molecule is CCC/C=C\C=C\CCCCCCCC=O. The number of allylic oxidation sites excluding steroid dienone is 4. The minimum Gasteiger partial charge on any atom is -0.303 e. The minimum absolute atomic E-state index is 0.738. The maximum atomic E-state index is 10.1. The summed E-state index contributed by atoms with van der Waals surface area (Å²) in [5.74, 6) is 0. The fourth-order valence-electron chi connectivity index (χ4n) is 1.54. The van der Waals surface area contributed by atoms with Crippen molar-refractivity contribution in [2.75, 3.05) is 0 Å². The summed E-state index contributed by atoms with van der Waals surface area (Å²) >= 11 is 0. The molecule has 0 heterocycles. The van der Waals surface area contributed by atoms with E-state index >= 15 is 0 Å².